The molecule has 1 aromatic heterocycles. The van der Waals surface area contributed by atoms with E-state index in [2.05, 4.69) is 26.2 Å². The molecule has 1 heterocycles. The molecule has 16 heavy (non-hydrogen) atoms. The van der Waals surface area contributed by atoms with Gasteiger partial charge in [-0.05, 0) is 25.1 Å². The lowest BCUT2D eigenvalue weighted by Crippen LogP contribution is -2.11. The van der Waals surface area contributed by atoms with Crippen molar-refractivity contribution >= 4 is 38.9 Å². The van der Waals surface area contributed by atoms with E-state index in [-0.39, 0.29) is 5.91 Å². The third-order valence-electron chi connectivity index (χ3n) is 2.03. The van der Waals surface area contributed by atoms with Crippen molar-refractivity contribution in [3.63, 3.8) is 0 Å². The van der Waals surface area contributed by atoms with Crippen LogP contribution in [0.25, 0.3) is 0 Å². The molecule has 0 radical (unpaired) electrons. The average Bonchev–Trinajstić information content (AvgIpc) is 2.64. The summed E-state index contributed by atoms with van der Waals surface area (Å²) in [6.45, 7) is 1.83. The molecule has 1 N–H and O–H groups in total. The SMILES string of the molecule is Cc1ncsc1C(=O)Nc1cccc(Br)c1. The summed E-state index contributed by atoms with van der Waals surface area (Å²) >= 11 is 4.70. The monoisotopic (exact) mass is 296 g/mol. The summed E-state index contributed by atoms with van der Waals surface area (Å²) in [7, 11) is 0. The fourth-order valence-corrected chi connectivity index (χ4v) is 2.37. The van der Waals surface area contributed by atoms with Crippen LogP contribution >= 0.6 is 27.3 Å². The van der Waals surface area contributed by atoms with E-state index >= 15 is 0 Å². The Balaban J connectivity index is 2.17. The second-order valence-electron chi connectivity index (χ2n) is 3.23. The number of thiazole rings is 1. The number of hydrogen-bond donors (Lipinski definition) is 1. The van der Waals surface area contributed by atoms with Gasteiger partial charge in [-0.15, -0.1) is 11.3 Å². The quantitative estimate of drug-likeness (QED) is 0.922. The summed E-state index contributed by atoms with van der Waals surface area (Å²) in [4.78, 5) is 16.5. The molecule has 0 unspecified atom stereocenters. The van der Waals surface area contributed by atoms with Gasteiger partial charge in [0.2, 0.25) is 0 Å². The number of anilines is 1. The fourth-order valence-electron chi connectivity index (χ4n) is 1.27. The second-order valence-corrected chi connectivity index (χ2v) is 5.00. The molecule has 0 aliphatic rings. The van der Waals surface area contributed by atoms with Crippen LogP contribution in [0.4, 0.5) is 5.69 Å². The molecule has 1 amide bonds. The van der Waals surface area contributed by atoms with E-state index in [9.17, 15) is 4.79 Å². The number of aryl methyl sites for hydroxylation is 1. The zero-order chi connectivity index (χ0) is 11.5. The van der Waals surface area contributed by atoms with Gasteiger partial charge < -0.3 is 5.32 Å². The molecule has 3 nitrogen and oxygen atoms in total. The summed E-state index contributed by atoms with van der Waals surface area (Å²) in [5, 5.41) is 2.83. The molecule has 0 saturated carbocycles. The number of carbonyl (C=O) groups is 1. The summed E-state index contributed by atoms with van der Waals surface area (Å²) < 4.78 is 0.936. The van der Waals surface area contributed by atoms with Crippen LogP contribution in [-0.2, 0) is 0 Å². The van der Waals surface area contributed by atoms with Gasteiger partial charge in [0.15, 0.2) is 0 Å². The van der Waals surface area contributed by atoms with Crippen molar-refractivity contribution in [1.29, 1.82) is 0 Å². The van der Waals surface area contributed by atoms with Crippen molar-refractivity contribution in [2.45, 2.75) is 6.92 Å². The van der Waals surface area contributed by atoms with Crippen molar-refractivity contribution in [2.24, 2.45) is 0 Å². The molecule has 0 aliphatic heterocycles. The molecule has 82 valence electrons. The molecule has 2 aromatic rings. The van der Waals surface area contributed by atoms with E-state index in [4.69, 9.17) is 0 Å². The van der Waals surface area contributed by atoms with Crippen LogP contribution in [0.3, 0.4) is 0 Å². The van der Waals surface area contributed by atoms with E-state index < -0.39 is 0 Å². The Morgan fingerprint density at radius 2 is 2.31 bits per heavy atom. The predicted molar refractivity (Wildman–Crippen MR) is 68.9 cm³/mol. The van der Waals surface area contributed by atoms with Crippen LogP contribution in [0.2, 0.25) is 0 Å². The van der Waals surface area contributed by atoms with Gasteiger partial charge in [-0.1, -0.05) is 22.0 Å². The minimum Gasteiger partial charge on any atom is -0.321 e. The third kappa shape index (κ3) is 2.48. The van der Waals surface area contributed by atoms with Gasteiger partial charge >= 0.3 is 0 Å². The van der Waals surface area contributed by atoms with E-state index in [1.807, 2.05) is 31.2 Å². The lowest BCUT2D eigenvalue weighted by atomic mass is 10.3. The highest BCUT2D eigenvalue weighted by molar-refractivity contribution is 9.10. The van der Waals surface area contributed by atoms with Crippen molar-refractivity contribution in [3.8, 4) is 0 Å². The van der Waals surface area contributed by atoms with E-state index in [0.29, 0.717) is 4.88 Å². The van der Waals surface area contributed by atoms with Crippen molar-refractivity contribution < 1.29 is 4.79 Å². The Hall–Kier alpha value is -1.20. The topological polar surface area (TPSA) is 42.0 Å². The van der Waals surface area contributed by atoms with Gasteiger partial charge in [-0.2, -0.15) is 0 Å². The van der Waals surface area contributed by atoms with Gasteiger partial charge in [-0.3, -0.25) is 4.79 Å². The largest absolute Gasteiger partial charge is 0.321 e. The normalized spacial score (nSPS) is 10.1. The maximum absolute atomic E-state index is 11.9. The molecule has 1 aromatic carbocycles. The highest BCUT2D eigenvalue weighted by atomic mass is 79.9. The highest BCUT2D eigenvalue weighted by Gasteiger charge is 2.11. The van der Waals surface area contributed by atoms with Gasteiger partial charge in [0.05, 0.1) is 11.2 Å². The Labute approximate surface area is 106 Å². The molecular weight excluding hydrogens is 288 g/mol. The molecule has 0 saturated heterocycles. The number of nitrogens with zero attached hydrogens (tertiary/aromatic N) is 1. The molecule has 0 fully saturated rings. The number of nitrogens with one attached hydrogen (secondary N) is 1. The van der Waals surface area contributed by atoms with E-state index in [0.717, 1.165) is 15.9 Å². The Morgan fingerprint density at radius 1 is 1.50 bits per heavy atom. The zero-order valence-corrected chi connectivity index (χ0v) is 10.9. The molecule has 0 spiro atoms. The second kappa shape index (κ2) is 4.76. The van der Waals surface area contributed by atoms with Gasteiger partial charge in [0.1, 0.15) is 4.88 Å². The number of aromatic nitrogens is 1. The van der Waals surface area contributed by atoms with Crippen molar-refractivity contribution in [3.05, 3.63) is 44.8 Å². The van der Waals surface area contributed by atoms with Gasteiger partial charge in [-0.25, -0.2) is 4.98 Å². The average molecular weight is 297 g/mol. The predicted octanol–water partition coefficient (Wildman–Crippen LogP) is 3.47. The number of carbonyl (C=O) groups excluding carboxylic acids is 1. The van der Waals surface area contributed by atoms with Crippen molar-refractivity contribution in [1.82, 2.24) is 4.98 Å². The van der Waals surface area contributed by atoms with Crippen LogP contribution in [0.1, 0.15) is 15.4 Å². The molecule has 2 rings (SSSR count). The van der Waals surface area contributed by atoms with Gasteiger partial charge in [0, 0.05) is 10.2 Å². The van der Waals surface area contributed by atoms with E-state index in [1.165, 1.54) is 11.3 Å². The molecular formula is C11H9BrN2OS. The van der Waals surface area contributed by atoms with Crippen LogP contribution in [0.5, 0.6) is 0 Å². The smallest absolute Gasteiger partial charge is 0.267 e. The summed E-state index contributed by atoms with van der Waals surface area (Å²) in [6.07, 6.45) is 0. The fraction of sp³-hybridized carbons (Fsp3) is 0.0909. The standard InChI is InChI=1S/C11H9BrN2OS/c1-7-10(16-6-13-7)11(15)14-9-4-2-3-8(12)5-9/h2-6H,1H3,(H,14,15). The van der Waals surface area contributed by atoms with Crippen LogP contribution in [0, 0.1) is 6.92 Å². The summed E-state index contributed by atoms with van der Waals surface area (Å²) in [5.41, 5.74) is 3.20. The first-order valence-electron chi connectivity index (χ1n) is 4.64. The Bertz CT molecular complexity index is 524. The number of rotatable bonds is 2. The summed E-state index contributed by atoms with van der Waals surface area (Å²) in [5.74, 6) is -0.113. The third-order valence-corrected chi connectivity index (χ3v) is 3.45. The highest BCUT2D eigenvalue weighted by Crippen LogP contribution is 2.18. The number of hydrogen-bond acceptors (Lipinski definition) is 3. The first-order chi connectivity index (χ1) is 7.66. The van der Waals surface area contributed by atoms with Crippen LogP contribution in [-0.4, -0.2) is 10.9 Å². The zero-order valence-electron chi connectivity index (χ0n) is 8.53. The Morgan fingerprint density at radius 3 is 2.94 bits per heavy atom. The molecule has 5 heteroatoms. The van der Waals surface area contributed by atoms with Gasteiger partial charge in [0.25, 0.3) is 5.91 Å². The van der Waals surface area contributed by atoms with E-state index in [1.54, 1.807) is 5.51 Å². The minimum atomic E-state index is -0.113. The lowest BCUT2D eigenvalue weighted by Gasteiger charge is -2.04. The van der Waals surface area contributed by atoms with Crippen molar-refractivity contribution in [2.75, 3.05) is 5.32 Å². The lowest BCUT2D eigenvalue weighted by molar-refractivity contribution is 0.103. The molecule has 0 bridgehead atoms. The molecule has 0 aliphatic carbocycles. The number of benzene rings is 1. The van der Waals surface area contributed by atoms with Crippen LogP contribution < -0.4 is 5.32 Å². The first kappa shape index (κ1) is 11.3. The van der Waals surface area contributed by atoms with Crippen LogP contribution in [0.15, 0.2) is 34.2 Å². The number of amides is 1. The number of halogens is 1. The maximum atomic E-state index is 11.9. The summed E-state index contributed by atoms with van der Waals surface area (Å²) in [6, 6.07) is 7.49. The minimum absolute atomic E-state index is 0.113. The molecule has 0 atom stereocenters. The maximum Gasteiger partial charge on any atom is 0.267 e. The first-order valence-corrected chi connectivity index (χ1v) is 6.31. The Kier molecular flexibility index (Phi) is 3.36.